The summed E-state index contributed by atoms with van der Waals surface area (Å²) in [5, 5.41) is 1.41. The first-order valence-corrected chi connectivity index (χ1v) is 6.12. The number of nitrogens with one attached hydrogen (secondary N) is 1. The predicted molar refractivity (Wildman–Crippen MR) is 66.3 cm³/mol. The molecule has 0 radical (unpaired) electrons. The van der Waals surface area contributed by atoms with Crippen molar-refractivity contribution in [2.75, 3.05) is 11.9 Å². The van der Waals surface area contributed by atoms with Gasteiger partial charge in [0.15, 0.2) is 0 Å². The Balaban J connectivity index is 2.25. The molecule has 0 aromatic heterocycles. The van der Waals surface area contributed by atoms with E-state index in [0.717, 1.165) is 13.1 Å². The van der Waals surface area contributed by atoms with Crippen molar-refractivity contribution in [1.29, 1.82) is 0 Å². The third-order valence-electron chi connectivity index (χ3n) is 3.08. The van der Waals surface area contributed by atoms with Gasteiger partial charge in [-0.3, -0.25) is 9.59 Å². The second-order valence-electron chi connectivity index (χ2n) is 4.55. The van der Waals surface area contributed by atoms with Gasteiger partial charge in [0.25, 0.3) is 5.91 Å². The van der Waals surface area contributed by atoms with Crippen LogP contribution in [0.1, 0.15) is 6.42 Å². The van der Waals surface area contributed by atoms with Crippen molar-refractivity contribution in [3.8, 4) is 0 Å². The molecule has 0 spiro atoms. The highest BCUT2D eigenvalue weighted by atomic mass is 35.5. The number of carbonyl (C=O) groups is 2. The molecule has 1 aromatic rings. The van der Waals surface area contributed by atoms with Crippen LogP contribution in [-0.2, 0) is 9.59 Å². The fraction of sp³-hybridized carbons (Fsp3) is 0.333. The highest BCUT2D eigenvalue weighted by molar-refractivity contribution is 6.31. The number of alkyl halides is 2. The molecule has 1 aromatic carbocycles. The van der Waals surface area contributed by atoms with Crippen LogP contribution >= 0.6 is 11.6 Å². The molecule has 21 heavy (non-hydrogen) atoms. The lowest BCUT2D eigenvalue weighted by molar-refractivity contribution is -0.139. The van der Waals surface area contributed by atoms with Crippen LogP contribution in [0.2, 0.25) is 5.02 Å². The zero-order valence-electron chi connectivity index (χ0n) is 10.6. The average molecular weight is 325 g/mol. The SMILES string of the molecule is CN(C(=O)C1CC(F)(F)C(=O)N1)c1cc(Cl)c(F)cc1F. The maximum absolute atomic E-state index is 13.6. The number of halogens is 5. The lowest BCUT2D eigenvalue weighted by Crippen LogP contribution is -2.43. The van der Waals surface area contributed by atoms with E-state index in [2.05, 4.69) is 0 Å². The summed E-state index contributed by atoms with van der Waals surface area (Å²) < 4.78 is 52.8. The molecule has 0 bridgehead atoms. The van der Waals surface area contributed by atoms with E-state index in [1.54, 1.807) is 0 Å². The minimum Gasteiger partial charge on any atom is -0.339 e. The summed E-state index contributed by atoms with van der Waals surface area (Å²) in [7, 11) is 1.11. The third kappa shape index (κ3) is 2.80. The number of anilines is 1. The largest absolute Gasteiger partial charge is 0.339 e. The summed E-state index contributed by atoms with van der Waals surface area (Å²) >= 11 is 5.49. The minimum atomic E-state index is -3.65. The Morgan fingerprint density at radius 3 is 2.52 bits per heavy atom. The number of benzene rings is 1. The van der Waals surface area contributed by atoms with Gasteiger partial charge in [-0.2, -0.15) is 8.78 Å². The zero-order chi connectivity index (χ0) is 15.9. The topological polar surface area (TPSA) is 49.4 Å². The van der Waals surface area contributed by atoms with Gasteiger partial charge < -0.3 is 10.2 Å². The van der Waals surface area contributed by atoms with Crippen molar-refractivity contribution >= 4 is 29.1 Å². The second kappa shape index (κ2) is 5.18. The van der Waals surface area contributed by atoms with E-state index in [1.165, 1.54) is 0 Å². The van der Waals surface area contributed by atoms with Crippen molar-refractivity contribution in [2.45, 2.75) is 18.4 Å². The number of likely N-dealkylation sites (N-methyl/N-ethyl adjacent to an activating group) is 1. The van der Waals surface area contributed by atoms with Crippen LogP contribution in [0, 0.1) is 11.6 Å². The van der Waals surface area contributed by atoms with Crippen LogP contribution < -0.4 is 10.2 Å². The standard InChI is InChI=1S/C12H9ClF4N2O2/c1-19(9-2-5(13)6(14)3-7(9)15)10(20)8-4-12(16,17)11(21)18-8/h2-3,8H,4H2,1H3,(H,18,21). The van der Waals surface area contributed by atoms with Crippen molar-refractivity contribution in [1.82, 2.24) is 5.32 Å². The number of hydrogen-bond donors (Lipinski definition) is 1. The molecule has 1 N–H and O–H groups in total. The fourth-order valence-corrected chi connectivity index (χ4v) is 2.09. The number of amides is 2. The van der Waals surface area contributed by atoms with Crippen molar-refractivity contribution < 1.29 is 27.2 Å². The monoisotopic (exact) mass is 324 g/mol. The van der Waals surface area contributed by atoms with Gasteiger partial charge in [0.1, 0.15) is 17.7 Å². The maximum atomic E-state index is 13.6. The van der Waals surface area contributed by atoms with Gasteiger partial charge in [0, 0.05) is 13.1 Å². The molecule has 2 rings (SSSR count). The third-order valence-corrected chi connectivity index (χ3v) is 3.37. The van der Waals surface area contributed by atoms with Crippen molar-refractivity contribution in [3.05, 3.63) is 28.8 Å². The van der Waals surface area contributed by atoms with Crippen LogP contribution in [0.3, 0.4) is 0 Å². The van der Waals surface area contributed by atoms with E-state index in [-0.39, 0.29) is 5.69 Å². The van der Waals surface area contributed by atoms with E-state index >= 15 is 0 Å². The van der Waals surface area contributed by atoms with Gasteiger partial charge >= 0.3 is 5.92 Å². The molecule has 0 saturated carbocycles. The molecule has 1 saturated heterocycles. The first kappa shape index (κ1) is 15.6. The summed E-state index contributed by atoms with van der Waals surface area (Å²) in [6, 6.07) is -0.150. The Bertz CT molecular complexity index is 624. The Morgan fingerprint density at radius 1 is 1.38 bits per heavy atom. The summed E-state index contributed by atoms with van der Waals surface area (Å²) in [6.07, 6.45) is -1.02. The Kier molecular flexibility index (Phi) is 3.83. The van der Waals surface area contributed by atoms with Gasteiger partial charge in [-0.1, -0.05) is 11.6 Å². The highest BCUT2D eigenvalue weighted by Gasteiger charge is 2.51. The summed E-state index contributed by atoms with van der Waals surface area (Å²) in [5.74, 6) is -8.27. The lowest BCUT2D eigenvalue weighted by atomic mass is 10.1. The van der Waals surface area contributed by atoms with Crippen molar-refractivity contribution in [2.24, 2.45) is 0 Å². The predicted octanol–water partition coefficient (Wildman–Crippen LogP) is 2.10. The molecule has 1 heterocycles. The van der Waals surface area contributed by atoms with E-state index in [1.807, 2.05) is 5.32 Å². The summed E-state index contributed by atoms with van der Waals surface area (Å²) in [6.45, 7) is 0. The molecular formula is C12H9ClF4N2O2. The first-order chi connectivity index (χ1) is 9.63. The van der Waals surface area contributed by atoms with Gasteiger partial charge in [0.05, 0.1) is 17.1 Å². The quantitative estimate of drug-likeness (QED) is 0.669. The molecule has 114 valence electrons. The average Bonchev–Trinajstić information content (AvgIpc) is 2.66. The number of rotatable bonds is 2. The molecule has 1 atom stereocenters. The molecule has 1 aliphatic heterocycles. The molecule has 1 unspecified atom stereocenters. The van der Waals surface area contributed by atoms with E-state index in [0.29, 0.717) is 11.0 Å². The second-order valence-corrected chi connectivity index (χ2v) is 4.96. The summed E-state index contributed by atoms with van der Waals surface area (Å²) in [5.41, 5.74) is -0.379. The lowest BCUT2D eigenvalue weighted by Gasteiger charge is -2.21. The number of carbonyl (C=O) groups excluding carboxylic acids is 2. The molecule has 1 aliphatic rings. The Labute approximate surface area is 121 Å². The molecule has 9 heteroatoms. The van der Waals surface area contributed by atoms with E-state index < -0.39 is 46.9 Å². The molecule has 4 nitrogen and oxygen atoms in total. The minimum absolute atomic E-state index is 0.379. The zero-order valence-corrected chi connectivity index (χ0v) is 11.3. The molecular weight excluding hydrogens is 316 g/mol. The normalized spacial score (nSPS) is 20.3. The summed E-state index contributed by atoms with van der Waals surface area (Å²) in [4.78, 5) is 23.7. The van der Waals surface area contributed by atoms with Crippen LogP contribution in [0.4, 0.5) is 23.2 Å². The van der Waals surface area contributed by atoms with Crippen LogP contribution in [0.25, 0.3) is 0 Å². The molecule has 2 amide bonds. The fourth-order valence-electron chi connectivity index (χ4n) is 1.93. The van der Waals surface area contributed by atoms with Gasteiger partial charge in [-0.25, -0.2) is 8.78 Å². The van der Waals surface area contributed by atoms with Gasteiger partial charge in [-0.15, -0.1) is 0 Å². The van der Waals surface area contributed by atoms with Gasteiger partial charge in [-0.05, 0) is 6.07 Å². The number of hydrogen-bond acceptors (Lipinski definition) is 2. The van der Waals surface area contributed by atoms with E-state index in [4.69, 9.17) is 11.6 Å². The van der Waals surface area contributed by atoms with E-state index in [9.17, 15) is 27.2 Å². The first-order valence-electron chi connectivity index (χ1n) is 5.74. The van der Waals surface area contributed by atoms with Gasteiger partial charge in [0.2, 0.25) is 5.91 Å². The van der Waals surface area contributed by atoms with Crippen LogP contribution in [0.15, 0.2) is 12.1 Å². The molecule has 1 fully saturated rings. The highest BCUT2D eigenvalue weighted by Crippen LogP contribution is 2.30. The van der Waals surface area contributed by atoms with Crippen LogP contribution in [0.5, 0.6) is 0 Å². The number of nitrogens with zero attached hydrogens (tertiary/aromatic N) is 1. The van der Waals surface area contributed by atoms with Crippen LogP contribution in [-0.4, -0.2) is 30.8 Å². The Hall–Kier alpha value is -1.83. The Morgan fingerprint density at radius 2 is 2.00 bits per heavy atom. The van der Waals surface area contributed by atoms with Crippen molar-refractivity contribution in [3.63, 3.8) is 0 Å². The maximum Gasteiger partial charge on any atom is 0.327 e. The smallest absolute Gasteiger partial charge is 0.327 e. The molecule has 0 aliphatic carbocycles.